The van der Waals surface area contributed by atoms with Gasteiger partial charge in [0.1, 0.15) is 5.82 Å². The molecule has 0 saturated heterocycles. The van der Waals surface area contributed by atoms with E-state index in [1.807, 2.05) is 0 Å². The fourth-order valence-corrected chi connectivity index (χ4v) is 1.82. The highest BCUT2D eigenvalue weighted by atomic mass is 19.1. The summed E-state index contributed by atoms with van der Waals surface area (Å²) in [6, 6.07) is 5.95. The zero-order valence-electron chi connectivity index (χ0n) is 10.3. The molecular weight excluding hydrogens is 251 g/mol. The number of hydrogen-bond acceptors (Lipinski definition) is 4. The van der Waals surface area contributed by atoms with Gasteiger partial charge in [-0.2, -0.15) is 0 Å². The van der Waals surface area contributed by atoms with Crippen molar-refractivity contribution in [3.8, 4) is 11.4 Å². The van der Waals surface area contributed by atoms with E-state index >= 15 is 0 Å². The number of halogens is 1. The molecule has 0 aliphatic heterocycles. The van der Waals surface area contributed by atoms with Gasteiger partial charge in [-0.15, -0.1) is 5.10 Å². The number of rotatable bonds is 5. The second-order valence-electron chi connectivity index (χ2n) is 4.40. The van der Waals surface area contributed by atoms with Crippen LogP contribution in [0.15, 0.2) is 24.3 Å². The smallest absolute Gasteiger partial charge is 0.303 e. The van der Waals surface area contributed by atoms with E-state index in [4.69, 9.17) is 5.11 Å². The lowest BCUT2D eigenvalue weighted by Crippen LogP contribution is -2.14. The maximum Gasteiger partial charge on any atom is 0.303 e. The number of carbonyl (C=O) groups is 1. The van der Waals surface area contributed by atoms with Crippen LogP contribution in [-0.4, -0.2) is 31.3 Å². The average Bonchev–Trinajstić information content (AvgIpc) is 2.75. The molecule has 2 aromatic rings. The third-order valence-corrected chi connectivity index (χ3v) is 2.62. The number of carboxylic acids is 1. The lowest BCUT2D eigenvalue weighted by Gasteiger charge is -2.09. The van der Waals surface area contributed by atoms with Crippen LogP contribution >= 0.6 is 0 Å². The summed E-state index contributed by atoms with van der Waals surface area (Å²) in [5.74, 6) is -0.927. The van der Waals surface area contributed by atoms with E-state index in [1.165, 1.54) is 16.8 Å². The third kappa shape index (κ3) is 3.34. The molecule has 6 nitrogen and oxygen atoms in total. The number of aromatic nitrogens is 4. The van der Waals surface area contributed by atoms with Gasteiger partial charge in [-0.25, -0.2) is 9.07 Å². The van der Waals surface area contributed by atoms with Crippen molar-refractivity contribution in [2.24, 2.45) is 5.92 Å². The Balaban J connectivity index is 2.20. The van der Waals surface area contributed by atoms with Crippen molar-refractivity contribution >= 4 is 5.97 Å². The van der Waals surface area contributed by atoms with Crippen LogP contribution in [0.1, 0.15) is 13.3 Å². The number of carboxylic acid groups (broad SMARTS) is 1. The van der Waals surface area contributed by atoms with Crippen molar-refractivity contribution in [2.75, 3.05) is 0 Å². The fourth-order valence-electron chi connectivity index (χ4n) is 1.82. The molecule has 0 aliphatic rings. The van der Waals surface area contributed by atoms with Crippen molar-refractivity contribution in [2.45, 2.75) is 19.9 Å². The maximum atomic E-state index is 13.2. The number of hydrogen-bond donors (Lipinski definition) is 1. The van der Waals surface area contributed by atoms with Gasteiger partial charge in [-0.1, -0.05) is 19.1 Å². The van der Waals surface area contributed by atoms with Gasteiger partial charge in [-0.3, -0.25) is 4.79 Å². The Kier molecular flexibility index (Phi) is 3.84. The van der Waals surface area contributed by atoms with Gasteiger partial charge in [0.25, 0.3) is 0 Å². The number of aliphatic carboxylic acids is 1. The highest BCUT2D eigenvalue weighted by Crippen LogP contribution is 2.18. The number of benzene rings is 1. The van der Waals surface area contributed by atoms with Crippen LogP contribution in [0.2, 0.25) is 0 Å². The molecule has 0 aliphatic carbocycles. The fraction of sp³-hybridized carbons (Fsp3) is 0.333. The first-order valence-electron chi connectivity index (χ1n) is 5.80. The highest BCUT2D eigenvalue weighted by Gasteiger charge is 2.14. The summed E-state index contributed by atoms with van der Waals surface area (Å²) in [4.78, 5) is 10.6. The summed E-state index contributed by atoms with van der Waals surface area (Å²) >= 11 is 0. The molecule has 2 rings (SSSR count). The summed E-state index contributed by atoms with van der Waals surface area (Å²) in [5.41, 5.74) is 0.563. The summed E-state index contributed by atoms with van der Waals surface area (Å²) in [6.07, 6.45) is 0.0302. The molecule has 19 heavy (non-hydrogen) atoms. The van der Waals surface area contributed by atoms with Crippen molar-refractivity contribution in [3.63, 3.8) is 0 Å². The normalized spacial score (nSPS) is 12.3. The lowest BCUT2D eigenvalue weighted by atomic mass is 10.1. The second kappa shape index (κ2) is 5.55. The van der Waals surface area contributed by atoms with Crippen molar-refractivity contribution in [3.05, 3.63) is 30.1 Å². The molecule has 1 aromatic carbocycles. The van der Waals surface area contributed by atoms with E-state index in [0.717, 1.165) is 0 Å². The summed E-state index contributed by atoms with van der Waals surface area (Å²) in [5, 5.41) is 19.9. The molecule has 0 radical (unpaired) electrons. The molecule has 0 saturated carbocycles. The van der Waals surface area contributed by atoms with Crippen LogP contribution in [0.4, 0.5) is 4.39 Å². The van der Waals surface area contributed by atoms with Crippen LogP contribution in [-0.2, 0) is 11.3 Å². The van der Waals surface area contributed by atoms with E-state index in [2.05, 4.69) is 15.5 Å². The first kappa shape index (κ1) is 13.1. The molecule has 1 heterocycles. The summed E-state index contributed by atoms with van der Waals surface area (Å²) < 4.78 is 14.7. The van der Waals surface area contributed by atoms with Crippen molar-refractivity contribution < 1.29 is 14.3 Å². The Hall–Kier alpha value is -2.31. The van der Waals surface area contributed by atoms with Crippen LogP contribution in [0.5, 0.6) is 0 Å². The Labute approximate surface area is 108 Å². The van der Waals surface area contributed by atoms with Gasteiger partial charge < -0.3 is 5.11 Å². The molecule has 1 unspecified atom stereocenters. The molecule has 0 bridgehead atoms. The van der Waals surface area contributed by atoms with E-state index in [0.29, 0.717) is 17.9 Å². The Morgan fingerprint density at radius 2 is 2.32 bits per heavy atom. The second-order valence-corrected chi connectivity index (χ2v) is 4.40. The van der Waals surface area contributed by atoms with Gasteiger partial charge >= 0.3 is 5.97 Å². The minimum atomic E-state index is -0.868. The van der Waals surface area contributed by atoms with E-state index in [1.54, 1.807) is 19.1 Å². The van der Waals surface area contributed by atoms with Gasteiger partial charge in [0.05, 0.1) is 0 Å². The van der Waals surface area contributed by atoms with Gasteiger partial charge in [-0.05, 0) is 28.5 Å². The molecule has 1 atom stereocenters. The first-order valence-corrected chi connectivity index (χ1v) is 5.80. The zero-order chi connectivity index (χ0) is 13.8. The SMILES string of the molecule is CC(CC(=O)O)Cn1nnnc1-c1cccc(F)c1. The molecule has 1 N–H and O–H groups in total. The van der Waals surface area contributed by atoms with Crippen LogP contribution in [0.3, 0.4) is 0 Å². The predicted octanol–water partition coefficient (Wildman–Crippen LogP) is 1.59. The lowest BCUT2D eigenvalue weighted by molar-refractivity contribution is -0.138. The molecule has 100 valence electrons. The Morgan fingerprint density at radius 1 is 1.53 bits per heavy atom. The minimum absolute atomic E-state index is 0.0302. The minimum Gasteiger partial charge on any atom is -0.481 e. The summed E-state index contributed by atoms with van der Waals surface area (Å²) in [7, 11) is 0. The van der Waals surface area contributed by atoms with Crippen LogP contribution in [0.25, 0.3) is 11.4 Å². The first-order chi connectivity index (χ1) is 9.06. The molecule has 0 spiro atoms. The monoisotopic (exact) mass is 264 g/mol. The molecule has 0 amide bonds. The Bertz CT molecular complexity index is 585. The van der Waals surface area contributed by atoms with Gasteiger partial charge in [0.2, 0.25) is 0 Å². The maximum absolute atomic E-state index is 13.2. The molecular formula is C12H13FN4O2. The zero-order valence-corrected chi connectivity index (χ0v) is 10.3. The quantitative estimate of drug-likeness (QED) is 0.886. The molecule has 7 heteroatoms. The van der Waals surface area contributed by atoms with Crippen molar-refractivity contribution in [1.29, 1.82) is 0 Å². The molecule has 1 aromatic heterocycles. The van der Waals surface area contributed by atoms with Gasteiger partial charge in [0.15, 0.2) is 5.82 Å². The standard InChI is InChI=1S/C12H13FN4O2/c1-8(5-11(18)19)7-17-12(14-15-16-17)9-3-2-4-10(13)6-9/h2-4,6,8H,5,7H2,1H3,(H,18,19). The van der Waals surface area contributed by atoms with Crippen LogP contribution < -0.4 is 0 Å². The Morgan fingerprint density at radius 3 is 3.00 bits per heavy atom. The van der Waals surface area contributed by atoms with E-state index in [-0.39, 0.29) is 18.2 Å². The topological polar surface area (TPSA) is 80.9 Å². The highest BCUT2D eigenvalue weighted by molar-refractivity contribution is 5.66. The number of nitrogens with zero attached hydrogens (tertiary/aromatic N) is 4. The predicted molar refractivity (Wildman–Crippen MR) is 64.6 cm³/mol. The third-order valence-electron chi connectivity index (χ3n) is 2.62. The largest absolute Gasteiger partial charge is 0.481 e. The summed E-state index contributed by atoms with van der Waals surface area (Å²) in [6.45, 7) is 2.16. The molecule has 0 fully saturated rings. The number of tetrazole rings is 1. The van der Waals surface area contributed by atoms with Gasteiger partial charge in [0, 0.05) is 18.5 Å². The average molecular weight is 264 g/mol. The van der Waals surface area contributed by atoms with Crippen molar-refractivity contribution in [1.82, 2.24) is 20.2 Å². The van der Waals surface area contributed by atoms with E-state index in [9.17, 15) is 9.18 Å². The van der Waals surface area contributed by atoms with Crippen LogP contribution in [0, 0.1) is 11.7 Å². The van der Waals surface area contributed by atoms with E-state index < -0.39 is 5.97 Å².